The third kappa shape index (κ3) is 5.91. The van der Waals surface area contributed by atoms with Crippen molar-refractivity contribution in [1.29, 1.82) is 0 Å². The third-order valence-corrected chi connectivity index (χ3v) is 5.76. The number of hydrogen-bond donors (Lipinski definition) is 1. The van der Waals surface area contributed by atoms with E-state index in [2.05, 4.69) is 10.3 Å². The van der Waals surface area contributed by atoms with E-state index in [4.69, 9.17) is 16.3 Å². The van der Waals surface area contributed by atoms with E-state index in [0.717, 1.165) is 11.1 Å². The molecule has 174 valence electrons. The third-order valence-electron chi connectivity index (χ3n) is 5.53. The van der Waals surface area contributed by atoms with Crippen molar-refractivity contribution in [1.82, 2.24) is 25.0 Å². The molecule has 2 aromatic rings. The second-order valence-corrected chi connectivity index (χ2v) is 8.27. The first-order valence-electron chi connectivity index (χ1n) is 10.6. The Bertz CT molecular complexity index is 1020. The number of rotatable bonds is 8. The average Bonchev–Trinajstić information content (AvgIpc) is 3.22. The zero-order valence-electron chi connectivity index (χ0n) is 18.0. The van der Waals surface area contributed by atoms with Crippen molar-refractivity contribution in [3.05, 3.63) is 86.6 Å². The van der Waals surface area contributed by atoms with Gasteiger partial charge in [0.15, 0.2) is 5.82 Å². The van der Waals surface area contributed by atoms with Gasteiger partial charge in [-0.2, -0.15) is 0 Å². The summed E-state index contributed by atoms with van der Waals surface area (Å²) in [5.41, 5.74) is 2.01. The zero-order valence-corrected chi connectivity index (χ0v) is 18.8. The van der Waals surface area contributed by atoms with E-state index in [1.54, 1.807) is 12.3 Å². The standard InChI is InChI=1S/C22H25ClN6O4/c23-20-7-6-18(12-25-20)13-27-10-11-28-16-26(14-19(21(27)28)29(31)32)9-8-24-22(30)33-15-17-4-2-1-3-5-17/h1-7,12H,8-11,13-16H2,(H,24,30). The molecule has 10 nitrogen and oxygen atoms in total. The Morgan fingerprint density at radius 3 is 2.73 bits per heavy atom. The maximum absolute atomic E-state index is 12.0. The smallest absolute Gasteiger partial charge is 0.407 e. The minimum Gasteiger partial charge on any atom is -0.445 e. The van der Waals surface area contributed by atoms with Gasteiger partial charge in [0, 0.05) is 38.9 Å². The summed E-state index contributed by atoms with van der Waals surface area (Å²) in [6.45, 7) is 3.68. The number of aromatic nitrogens is 1. The number of amides is 1. The van der Waals surface area contributed by atoms with Gasteiger partial charge in [0.25, 0.3) is 5.70 Å². The summed E-state index contributed by atoms with van der Waals surface area (Å²) >= 11 is 5.86. The lowest BCUT2D eigenvalue weighted by Crippen LogP contribution is -2.47. The summed E-state index contributed by atoms with van der Waals surface area (Å²) in [5.74, 6) is 0.654. The number of nitrogens with zero attached hydrogens (tertiary/aromatic N) is 5. The van der Waals surface area contributed by atoms with Crippen molar-refractivity contribution in [2.45, 2.75) is 13.2 Å². The predicted octanol–water partition coefficient (Wildman–Crippen LogP) is 2.50. The molecule has 0 atom stereocenters. The van der Waals surface area contributed by atoms with Crippen LogP contribution in [0.15, 0.2) is 60.2 Å². The Morgan fingerprint density at radius 2 is 2.00 bits per heavy atom. The van der Waals surface area contributed by atoms with Crippen molar-refractivity contribution in [3.63, 3.8) is 0 Å². The van der Waals surface area contributed by atoms with Gasteiger partial charge in [0.2, 0.25) is 0 Å². The summed E-state index contributed by atoms with van der Waals surface area (Å²) in [6.07, 6.45) is 1.18. The quantitative estimate of drug-likeness (QED) is 0.355. The second-order valence-electron chi connectivity index (χ2n) is 7.88. The summed E-state index contributed by atoms with van der Waals surface area (Å²) in [7, 11) is 0. The van der Waals surface area contributed by atoms with Crippen LogP contribution in [-0.4, -0.2) is 70.1 Å². The van der Waals surface area contributed by atoms with E-state index in [-0.39, 0.29) is 23.8 Å². The van der Waals surface area contributed by atoms with Gasteiger partial charge < -0.3 is 19.9 Å². The molecule has 1 fully saturated rings. The molecule has 1 amide bonds. The van der Waals surface area contributed by atoms with Crippen molar-refractivity contribution in [2.75, 3.05) is 39.4 Å². The molecule has 2 aliphatic heterocycles. The highest BCUT2D eigenvalue weighted by atomic mass is 35.5. The molecule has 0 radical (unpaired) electrons. The molecule has 11 heteroatoms. The molecule has 33 heavy (non-hydrogen) atoms. The molecular weight excluding hydrogens is 448 g/mol. The van der Waals surface area contributed by atoms with E-state index < -0.39 is 6.09 Å². The fourth-order valence-electron chi connectivity index (χ4n) is 3.98. The van der Waals surface area contributed by atoms with Crippen molar-refractivity contribution in [3.8, 4) is 0 Å². The minimum atomic E-state index is -0.509. The number of pyridine rings is 1. The van der Waals surface area contributed by atoms with Gasteiger partial charge in [-0.25, -0.2) is 9.78 Å². The first-order chi connectivity index (χ1) is 16.0. The van der Waals surface area contributed by atoms with Crippen molar-refractivity contribution >= 4 is 17.7 Å². The number of nitro groups is 1. The van der Waals surface area contributed by atoms with Gasteiger partial charge in [-0.05, 0) is 17.2 Å². The van der Waals surface area contributed by atoms with Crippen LogP contribution in [0.25, 0.3) is 0 Å². The van der Waals surface area contributed by atoms with Gasteiger partial charge >= 0.3 is 6.09 Å². The van der Waals surface area contributed by atoms with Crippen LogP contribution < -0.4 is 5.32 Å². The number of carbonyl (C=O) groups is 1. The van der Waals surface area contributed by atoms with E-state index >= 15 is 0 Å². The monoisotopic (exact) mass is 472 g/mol. The maximum Gasteiger partial charge on any atom is 0.407 e. The fraction of sp³-hybridized carbons (Fsp3) is 0.364. The molecule has 0 spiro atoms. The molecule has 1 aromatic heterocycles. The van der Waals surface area contributed by atoms with Gasteiger partial charge in [0.05, 0.1) is 18.1 Å². The number of fused-ring (bicyclic) bond motifs is 1. The van der Waals surface area contributed by atoms with Gasteiger partial charge in [-0.3, -0.25) is 15.0 Å². The first-order valence-corrected chi connectivity index (χ1v) is 11.0. The maximum atomic E-state index is 12.0. The molecule has 1 saturated heterocycles. The van der Waals surface area contributed by atoms with E-state index in [9.17, 15) is 14.9 Å². The van der Waals surface area contributed by atoms with E-state index in [0.29, 0.717) is 50.4 Å². The summed E-state index contributed by atoms with van der Waals surface area (Å²) in [6, 6.07) is 13.0. The highest BCUT2D eigenvalue weighted by Gasteiger charge is 2.39. The van der Waals surface area contributed by atoms with Crippen LogP contribution in [0.1, 0.15) is 11.1 Å². The molecule has 4 rings (SSSR count). The first kappa shape index (κ1) is 22.8. The second kappa shape index (κ2) is 10.5. The van der Waals surface area contributed by atoms with Crippen LogP contribution in [-0.2, 0) is 17.9 Å². The average molecular weight is 473 g/mol. The normalized spacial score (nSPS) is 16.0. The largest absolute Gasteiger partial charge is 0.445 e. The topological polar surface area (TPSA) is 104 Å². The number of halogens is 1. The number of carbonyl (C=O) groups excluding carboxylic acids is 1. The predicted molar refractivity (Wildman–Crippen MR) is 121 cm³/mol. The summed E-state index contributed by atoms with van der Waals surface area (Å²) in [4.78, 5) is 33.5. The lowest BCUT2D eigenvalue weighted by molar-refractivity contribution is -0.433. The van der Waals surface area contributed by atoms with E-state index in [1.165, 1.54) is 0 Å². The van der Waals surface area contributed by atoms with Crippen LogP contribution in [0.3, 0.4) is 0 Å². The Hall–Kier alpha value is -3.37. The Labute approximate surface area is 196 Å². The molecule has 0 aliphatic carbocycles. The summed E-state index contributed by atoms with van der Waals surface area (Å²) < 4.78 is 5.21. The van der Waals surface area contributed by atoms with Crippen LogP contribution in [0.2, 0.25) is 5.15 Å². The highest BCUT2D eigenvalue weighted by Crippen LogP contribution is 2.28. The van der Waals surface area contributed by atoms with Crippen LogP contribution in [0.4, 0.5) is 4.79 Å². The lowest BCUT2D eigenvalue weighted by Gasteiger charge is -2.34. The lowest BCUT2D eigenvalue weighted by atomic mass is 10.2. The molecule has 3 heterocycles. The molecule has 0 bridgehead atoms. The Morgan fingerprint density at radius 1 is 1.18 bits per heavy atom. The SMILES string of the molecule is O=C(NCCN1CC([N+](=O)[O-])=C2N(Cc3ccc(Cl)nc3)CCN2C1)OCc1ccccc1. The minimum absolute atomic E-state index is 0.160. The molecule has 1 N–H and O–H groups in total. The van der Waals surface area contributed by atoms with Crippen molar-refractivity contribution in [2.24, 2.45) is 0 Å². The molecule has 0 saturated carbocycles. The van der Waals surface area contributed by atoms with Crippen molar-refractivity contribution < 1.29 is 14.5 Å². The summed E-state index contributed by atoms with van der Waals surface area (Å²) in [5, 5.41) is 15.0. The molecule has 1 aromatic carbocycles. The van der Waals surface area contributed by atoms with Crippen LogP contribution >= 0.6 is 11.6 Å². The number of ether oxygens (including phenoxy) is 1. The number of nitrogens with one attached hydrogen (secondary N) is 1. The highest BCUT2D eigenvalue weighted by molar-refractivity contribution is 6.29. The van der Waals surface area contributed by atoms with E-state index in [1.807, 2.05) is 51.1 Å². The Kier molecular flexibility index (Phi) is 7.26. The zero-order chi connectivity index (χ0) is 23.2. The fourth-order valence-corrected chi connectivity index (χ4v) is 4.10. The van der Waals surface area contributed by atoms with Crippen LogP contribution in [0.5, 0.6) is 0 Å². The number of benzene rings is 1. The molecule has 2 aliphatic rings. The molecular formula is C22H25ClN6O4. The van der Waals surface area contributed by atoms with Gasteiger partial charge in [-0.15, -0.1) is 0 Å². The van der Waals surface area contributed by atoms with Gasteiger partial charge in [0.1, 0.15) is 11.8 Å². The Balaban J connectivity index is 1.31. The number of alkyl carbamates (subject to hydrolysis) is 1. The molecule has 0 unspecified atom stereocenters. The number of hydrogen-bond acceptors (Lipinski definition) is 8. The van der Waals surface area contributed by atoms with Gasteiger partial charge in [-0.1, -0.05) is 48.0 Å². The van der Waals surface area contributed by atoms with Crippen LogP contribution in [0, 0.1) is 10.1 Å².